The van der Waals surface area contributed by atoms with E-state index in [4.69, 9.17) is 4.74 Å². The summed E-state index contributed by atoms with van der Waals surface area (Å²) >= 11 is 1.50. The number of hydrogen-bond acceptors (Lipinski definition) is 4. The van der Waals surface area contributed by atoms with Crippen LogP contribution in [0, 0.1) is 11.8 Å². The number of thiophene rings is 1. The molecule has 2 saturated carbocycles. The Morgan fingerprint density at radius 1 is 1.10 bits per heavy atom. The maximum absolute atomic E-state index is 12.6. The lowest BCUT2D eigenvalue weighted by atomic mass is 10.0. The Bertz CT molecular complexity index is 607. The monoisotopic (exact) mass is 327 g/mol. The van der Waals surface area contributed by atoms with Gasteiger partial charge in [-0.2, -0.15) is 4.31 Å². The minimum Gasteiger partial charge on any atom is -0.379 e. The molecule has 3 atom stereocenters. The van der Waals surface area contributed by atoms with Gasteiger partial charge in [0.15, 0.2) is 0 Å². The van der Waals surface area contributed by atoms with E-state index in [9.17, 15) is 8.42 Å². The van der Waals surface area contributed by atoms with E-state index in [0.29, 0.717) is 36.4 Å². The second kappa shape index (κ2) is 5.33. The Morgan fingerprint density at radius 2 is 1.76 bits per heavy atom. The molecule has 1 aromatic rings. The summed E-state index contributed by atoms with van der Waals surface area (Å²) in [6, 6.07) is 3.87. The maximum Gasteiger partial charge on any atom is 0.252 e. The van der Waals surface area contributed by atoms with Crippen molar-refractivity contribution in [1.82, 2.24) is 4.31 Å². The highest BCUT2D eigenvalue weighted by Gasteiger charge is 2.52. The fourth-order valence-corrected chi connectivity index (χ4v) is 7.12. The average Bonchev–Trinajstić information content (AvgIpc) is 3.03. The molecule has 4 nitrogen and oxygen atoms in total. The van der Waals surface area contributed by atoms with Crippen molar-refractivity contribution in [3.8, 4) is 0 Å². The summed E-state index contributed by atoms with van der Waals surface area (Å²) in [6.07, 6.45) is 5.36. The molecule has 0 spiro atoms. The molecule has 3 fully saturated rings. The minimum atomic E-state index is -3.31. The van der Waals surface area contributed by atoms with E-state index < -0.39 is 10.0 Å². The zero-order valence-corrected chi connectivity index (χ0v) is 13.7. The van der Waals surface area contributed by atoms with Crippen molar-refractivity contribution in [3.05, 3.63) is 17.0 Å². The molecule has 1 aromatic heterocycles. The Kier molecular flexibility index (Phi) is 3.60. The third kappa shape index (κ3) is 2.46. The maximum atomic E-state index is 12.6. The van der Waals surface area contributed by atoms with Crippen LogP contribution < -0.4 is 0 Å². The van der Waals surface area contributed by atoms with Gasteiger partial charge in [0.05, 0.1) is 13.2 Å². The van der Waals surface area contributed by atoms with Crippen molar-refractivity contribution in [2.75, 3.05) is 26.3 Å². The van der Waals surface area contributed by atoms with Crippen molar-refractivity contribution < 1.29 is 13.2 Å². The standard InChI is InChI=1S/C15H21NO3S2/c17-21(18,16-7-9-19-10-8-16)14-6-5-13(20-14)15-11-3-1-2-4-12(11)15/h5-6,11-12,15H,1-4,7-10H2/t11-,12+,15?. The van der Waals surface area contributed by atoms with Crippen LogP contribution in [-0.2, 0) is 14.8 Å². The predicted octanol–water partition coefficient (Wildman–Crippen LogP) is 2.67. The third-order valence-corrected chi connectivity index (χ3v) is 8.70. The van der Waals surface area contributed by atoms with E-state index in [2.05, 4.69) is 6.07 Å². The van der Waals surface area contributed by atoms with Gasteiger partial charge in [0.25, 0.3) is 10.0 Å². The van der Waals surface area contributed by atoms with Gasteiger partial charge >= 0.3 is 0 Å². The Labute approximate surface area is 130 Å². The van der Waals surface area contributed by atoms with E-state index in [1.54, 1.807) is 4.31 Å². The van der Waals surface area contributed by atoms with Crippen LogP contribution in [0.2, 0.25) is 0 Å². The van der Waals surface area contributed by atoms with E-state index in [0.717, 1.165) is 11.8 Å². The highest BCUT2D eigenvalue weighted by Crippen LogP contribution is 2.62. The number of rotatable bonds is 3. The van der Waals surface area contributed by atoms with Crippen molar-refractivity contribution in [2.45, 2.75) is 35.8 Å². The van der Waals surface area contributed by atoms with Crippen LogP contribution in [0.3, 0.4) is 0 Å². The lowest BCUT2D eigenvalue weighted by Crippen LogP contribution is -2.40. The normalized spacial score (nSPS) is 33.6. The molecule has 1 aliphatic heterocycles. The minimum absolute atomic E-state index is 0.476. The second-order valence-corrected chi connectivity index (χ2v) is 9.59. The number of morpholine rings is 1. The molecule has 3 aliphatic rings. The Balaban J connectivity index is 1.54. The van der Waals surface area contributed by atoms with Gasteiger partial charge in [0, 0.05) is 18.0 Å². The van der Waals surface area contributed by atoms with Crippen molar-refractivity contribution in [1.29, 1.82) is 0 Å². The molecule has 0 N–H and O–H groups in total. The van der Waals surface area contributed by atoms with Gasteiger partial charge in [-0.05, 0) is 42.7 Å². The van der Waals surface area contributed by atoms with Gasteiger partial charge in [-0.15, -0.1) is 11.3 Å². The summed E-state index contributed by atoms with van der Waals surface area (Å²) in [5.41, 5.74) is 0. The van der Waals surface area contributed by atoms with E-state index in [1.165, 1.54) is 41.9 Å². The second-order valence-electron chi connectivity index (χ2n) is 6.31. The highest BCUT2D eigenvalue weighted by atomic mass is 32.2. The van der Waals surface area contributed by atoms with Crippen molar-refractivity contribution in [2.24, 2.45) is 11.8 Å². The summed E-state index contributed by atoms with van der Waals surface area (Å²) in [4.78, 5) is 1.29. The zero-order chi connectivity index (χ0) is 14.4. The molecule has 2 aliphatic carbocycles. The van der Waals surface area contributed by atoms with Gasteiger partial charge in [-0.3, -0.25) is 0 Å². The molecule has 116 valence electrons. The molecular weight excluding hydrogens is 306 g/mol. The molecule has 0 aromatic carbocycles. The zero-order valence-electron chi connectivity index (χ0n) is 12.0. The molecule has 0 bridgehead atoms. The number of hydrogen-bond donors (Lipinski definition) is 0. The van der Waals surface area contributed by atoms with Gasteiger partial charge in [0.2, 0.25) is 0 Å². The number of sulfonamides is 1. The molecule has 21 heavy (non-hydrogen) atoms. The van der Waals surface area contributed by atoms with Crippen LogP contribution in [0.4, 0.5) is 0 Å². The predicted molar refractivity (Wildman–Crippen MR) is 82.1 cm³/mol. The Hall–Kier alpha value is -0.430. The first kappa shape index (κ1) is 14.2. The summed E-state index contributed by atoms with van der Waals surface area (Å²) in [6.45, 7) is 1.96. The number of nitrogens with zero attached hydrogens (tertiary/aromatic N) is 1. The van der Waals surface area contributed by atoms with Gasteiger partial charge in [-0.1, -0.05) is 12.8 Å². The van der Waals surface area contributed by atoms with Crippen LogP contribution in [0.1, 0.15) is 36.5 Å². The smallest absolute Gasteiger partial charge is 0.252 e. The molecule has 0 radical (unpaired) electrons. The molecule has 0 amide bonds. The topological polar surface area (TPSA) is 46.6 Å². The molecule has 1 saturated heterocycles. The SMILES string of the molecule is O=S(=O)(c1ccc(C2[C@H]3CCCC[C@@H]23)s1)N1CCOCC1. The van der Waals surface area contributed by atoms with Gasteiger partial charge < -0.3 is 4.74 Å². The molecule has 4 rings (SSSR count). The summed E-state index contributed by atoms with van der Waals surface area (Å²) in [5.74, 6) is 2.30. The molecule has 2 heterocycles. The van der Waals surface area contributed by atoms with Gasteiger partial charge in [-0.25, -0.2) is 8.42 Å². The lowest BCUT2D eigenvalue weighted by molar-refractivity contribution is 0.0731. The van der Waals surface area contributed by atoms with Crippen molar-refractivity contribution >= 4 is 21.4 Å². The van der Waals surface area contributed by atoms with E-state index in [1.807, 2.05) is 6.07 Å². The summed E-state index contributed by atoms with van der Waals surface area (Å²) in [7, 11) is -3.31. The third-order valence-electron chi connectivity index (χ3n) is 5.15. The number of fused-ring (bicyclic) bond motifs is 1. The molecule has 1 unspecified atom stereocenters. The first-order valence-electron chi connectivity index (χ1n) is 7.85. The Morgan fingerprint density at radius 3 is 2.43 bits per heavy atom. The van der Waals surface area contributed by atoms with Gasteiger partial charge in [0.1, 0.15) is 4.21 Å². The van der Waals surface area contributed by atoms with E-state index >= 15 is 0 Å². The quantitative estimate of drug-likeness (QED) is 0.857. The lowest BCUT2D eigenvalue weighted by Gasteiger charge is -2.25. The summed E-state index contributed by atoms with van der Waals surface area (Å²) in [5, 5.41) is 0. The molecule has 6 heteroatoms. The average molecular weight is 327 g/mol. The van der Waals surface area contributed by atoms with Crippen LogP contribution in [-0.4, -0.2) is 39.0 Å². The molecular formula is C15H21NO3S2. The highest BCUT2D eigenvalue weighted by molar-refractivity contribution is 7.91. The largest absolute Gasteiger partial charge is 0.379 e. The fourth-order valence-electron chi connectivity index (χ4n) is 3.98. The fraction of sp³-hybridized carbons (Fsp3) is 0.733. The van der Waals surface area contributed by atoms with Crippen LogP contribution in [0.25, 0.3) is 0 Å². The first-order valence-corrected chi connectivity index (χ1v) is 10.1. The van der Waals surface area contributed by atoms with Crippen LogP contribution in [0.15, 0.2) is 16.3 Å². The summed E-state index contributed by atoms with van der Waals surface area (Å²) < 4.78 is 32.6. The van der Waals surface area contributed by atoms with Crippen LogP contribution in [0.5, 0.6) is 0 Å². The van der Waals surface area contributed by atoms with Crippen LogP contribution >= 0.6 is 11.3 Å². The van der Waals surface area contributed by atoms with Crippen molar-refractivity contribution in [3.63, 3.8) is 0 Å². The number of ether oxygens (including phenoxy) is 1. The van der Waals surface area contributed by atoms with E-state index in [-0.39, 0.29) is 0 Å². The first-order chi connectivity index (χ1) is 10.2.